The van der Waals surface area contributed by atoms with Gasteiger partial charge in [0.25, 0.3) is 0 Å². The first-order valence-corrected chi connectivity index (χ1v) is 7.86. The summed E-state index contributed by atoms with van der Waals surface area (Å²) in [5, 5.41) is 0. The second-order valence-electron chi connectivity index (χ2n) is 5.70. The molecule has 0 saturated carbocycles. The Hall–Kier alpha value is -2.45. The Kier molecular flexibility index (Phi) is 6.49. The van der Waals surface area contributed by atoms with Crippen LogP contribution in [-0.2, 0) is 28.6 Å². The van der Waals surface area contributed by atoms with Gasteiger partial charge in [0.2, 0.25) is 6.23 Å². The van der Waals surface area contributed by atoms with Gasteiger partial charge in [-0.05, 0) is 12.1 Å². The van der Waals surface area contributed by atoms with Crippen LogP contribution in [0.1, 0.15) is 31.1 Å². The smallest absolute Gasteiger partial charge is 0.338 e. The third kappa shape index (κ3) is 5.27. The zero-order valence-corrected chi connectivity index (χ0v) is 14.3. The van der Waals surface area contributed by atoms with Crippen LogP contribution in [0.15, 0.2) is 30.3 Å². The van der Waals surface area contributed by atoms with Crippen LogP contribution in [-0.4, -0.2) is 43.0 Å². The van der Waals surface area contributed by atoms with Crippen molar-refractivity contribution in [3.63, 3.8) is 0 Å². The van der Waals surface area contributed by atoms with Crippen molar-refractivity contribution in [1.82, 2.24) is 5.48 Å². The van der Waals surface area contributed by atoms with Gasteiger partial charge in [-0.15, -0.1) is 0 Å². The molecule has 1 fully saturated rings. The highest BCUT2D eigenvalue weighted by molar-refractivity contribution is 5.89. The molecule has 2 rings (SSSR count). The molecule has 1 unspecified atom stereocenters. The fourth-order valence-corrected chi connectivity index (χ4v) is 2.45. The van der Waals surface area contributed by atoms with E-state index in [1.54, 1.807) is 37.3 Å². The van der Waals surface area contributed by atoms with E-state index >= 15 is 0 Å². The number of nitrogens with one attached hydrogen (secondary N) is 1. The van der Waals surface area contributed by atoms with Crippen molar-refractivity contribution in [2.75, 3.05) is 6.61 Å². The summed E-state index contributed by atoms with van der Waals surface area (Å²) >= 11 is 0. The predicted octanol–water partition coefficient (Wildman–Crippen LogP) is 1.20. The summed E-state index contributed by atoms with van der Waals surface area (Å²) < 4.78 is 15.6. The van der Waals surface area contributed by atoms with Crippen LogP contribution in [0.2, 0.25) is 0 Å². The van der Waals surface area contributed by atoms with Crippen LogP contribution in [0.4, 0.5) is 0 Å². The number of benzene rings is 1. The minimum Gasteiger partial charge on any atom is -0.459 e. The van der Waals surface area contributed by atoms with Crippen LogP contribution in [0.3, 0.4) is 0 Å². The van der Waals surface area contributed by atoms with Crippen LogP contribution in [0, 0.1) is 5.92 Å². The molecule has 0 amide bonds. The van der Waals surface area contributed by atoms with E-state index in [4.69, 9.17) is 19.0 Å². The van der Waals surface area contributed by atoms with Gasteiger partial charge in [-0.1, -0.05) is 25.1 Å². The van der Waals surface area contributed by atoms with E-state index in [9.17, 15) is 14.4 Å². The van der Waals surface area contributed by atoms with Gasteiger partial charge in [0.15, 0.2) is 6.10 Å². The van der Waals surface area contributed by atoms with Crippen molar-refractivity contribution < 1.29 is 33.4 Å². The summed E-state index contributed by atoms with van der Waals surface area (Å²) in [5.74, 6) is -1.92. The monoisotopic (exact) mass is 351 g/mol. The largest absolute Gasteiger partial charge is 0.459 e. The molecule has 136 valence electrons. The molecule has 0 aromatic heterocycles. The number of carbonyl (C=O) groups is 3. The van der Waals surface area contributed by atoms with Gasteiger partial charge in [0.1, 0.15) is 12.7 Å². The number of hydrogen-bond acceptors (Lipinski definition) is 8. The molecule has 4 atom stereocenters. The SMILES string of the molecule is CC(=O)O[C@@H]1NO[C@H](COC(=O)c2ccccc2)C(C)[C@@H]1OC(C)=O. The van der Waals surface area contributed by atoms with E-state index in [0.29, 0.717) is 5.56 Å². The van der Waals surface area contributed by atoms with Crippen molar-refractivity contribution in [2.24, 2.45) is 5.92 Å². The van der Waals surface area contributed by atoms with Gasteiger partial charge < -0.3 is 14.2 Å². The first kappa shape index (κ1) is 18.9. The molecule has 8 heteroatoms. The Morgan fingerprint density at radius 1 is 1.08 bits per heavy atom. The van der Waals surface area contributed by atoms with E-state index in [1.165, 1.54) is 13.8 Å². The molecule has 0 spiro atoms. The van der Waals surface area contributed by atoms with Crippen LogP contribution < -0.4 is 5.48 Å². The summed E-state index contributed by atoms with van der Waals surface area (Å²) in [5.41, 5.74) is 2.96. The quantitative estimate of drug-likeness (QED) is 0.624. The molecular weight excluding hydrogens is 330 g/mol. The van der Waals surface area contributed by atoms with Crippen LogP contribution in [0.5, 0.6) is 0 Å². The lowest BCUT2D eigenvalue weighted by Crippen LogP contribution is -2.58. The van der Waals surface area contributed by atoms with E-state index in [1.807, 2.05) is 0 Å². The molecule has 1 aliphatic heterocycles. The van der Waals surface area contributed by atoms with Gasteiger partial charge in [0.05, 0.1) is 5.56 Å². The lowest BCUT2D eigenvalue weighted by Gasteiger charge is -2.39. The molecule has 8 nitrogen and oxygen atoms in total. The molecule has 0 radical (unpaired) electrons. The van der Waals surface area contributed by atoms with Gasteiger partial charge >= 0.3 is 17.9 Å². The second kappa shape index (κ2) is 8.59. The summed E-state index contributed by atoms with van der Waals surface area (Å²) in [6.07, 6.45) is -2.28. The van der Waals surface area contributed by atoms with Crippen molar-refractivity contribution in [2.45, 2.75) is 39.2 Å². The Balaban J connectivity index is 1.98. The highest BCUT2D eigenvalue weighted by Crippen LogP contribution is 2.24. The average Bonchev–Trinajstić information content (AvgIpc) is 2.57. The topological polar surface area (TPSA) is 100 Å². The third-order valence-corrected chi connectivity index (χ3v) is 3.72. The number of rotatable bonds is 5. The van der Waals surface area contributed by atoms with Gasteiger partial charge in [0, 0.05) is 19.8 Å². The standard InChI is InChI=1S/C17H21NO7/c1-10-14(9-22-17(21)13-7-5-4-6-8-13)25-18-16(24-12(3)20)15(10)23-11(2)19/h4-8,10,14-16,18H,9H2,1-3H3/t10?,14-,15+,16+/m1/s1. The molecule has 1 aromatic carbocycles. The van der Waals surface area contributed by atoms with Crippen LogP contribution >= 0.6 is 0 Å². The highest BCUT2D eigenvalue weighted by Gasteiger charge is 2.42. The van der Waals surface area contributed by atoms with E-state index < -0.39 is 36.3 Å². The number of ether oxygens (including phenoxy) is 3. The maximum atomic E-state index is 12.0. The lowest BCUT2D eigenvalue weighted by molar-refractivity contribution is -0.239. The minimum atomic E-state index is -0.933. The van der Waals surface area contributed by atoms with Gasteiger partial charge in [-0.2, -0.15) is 5.48 Å². The Morgan fingerprint density at radius 2 is 1.72 bits per heavy atom. The van der Waals surface area contributed by atoms with Crippen molar-refractivity contribution in [1.29, 1.82) is 0 Å². The fraction of sp³-hybridized carbons (Fsp3) is 0.471. The summed E-state index contributed by atoms with van der Waals surface area (Å²) in [4.78, 5) is 39.9. The Labute approximate surface area is 145 Å². The van der Waals surface area contributed by atoms with Crippen molar-refractivity contribution in [3.05, 3.63) is 35.9 Å². The predicted molar refractivity (Wildman–Crippen MR) is 85.0 cm³/mol. The van der Waals surface area contributed by atoms with E-state index in [-0.39, 0.29) is 12.5 Å². The normalized spacial score (nSPS) is 25.7. The maximum Gasteiger partial charge on any atom is 0.338 e. The van der Waals surface area contributed by atoms with Gasteiger partial charge in [-0.3, -0.25) is 14.4 Å². The first-order chi connectivity index (χ1) is 11.9. The number of hydroxylamine groups is 1. The molecule has 1 N–H and O–H groups in total. The second-order valence-corrected chi connectivity index (χ2v) is 5.70. The van der Waals surface area contributed by atoms with Crippen molar-refractivity contribution >= 4 is 17.9 Å². The van der Waals surface area contributed by atoms with Gasteiger partial charge in [-0.25, -0.2) is 4.79 Å². The number of esters is 3. The molecule has 0 bridgehead atoms. The van der Waals surface area contributed by atoms with E-state index in [2.05, 4.69) is 5.48 Å². The zero-order valence-electron chi connectivity index (χ0n) is 14.3. The molecule has 1 aliphatic rings. The van der Waals surface area contributed by atoms with E-state index in [0.717, 1.165) is 0 Å². The molecule has 25 heavy (non-hydrogen) atoms. The first-order valence-electron chi connectivity index (χ1n) is 7.86. The van der Waals surface area contributed by atoms with Crippen LogP contribution in [0.25, 0.3) is 0 Å². The van der Waals surface area contributed by atoms with Crippen molar-refractivity contribution in [3.8, 4) is 0 Å². The average molecular weight is 351 g/mol. The Morgan fingerprint density at radius 3 is 2.32 bits per heavy atom. The molecular formula is C17H21NO7. The third-order valence-electron chi connectivity index (χ3n) is 3.72. The lowest BCUT2D eigenvalue weighted by atomic mass is 9.95. The molecule has 1 aromatic rings. The minimum absolute atomic E-state index is 0.0492. The number of hydrogen-bond donors (Lipinski definition) is 1. The highest BCUT2D eigenvalue weighted by atomic mass is 16.7. The number of carbonyl (C=O) groups excluding carboxylic acids is 3. The summed E-state index contributed by atoms with van der Waals surface area (Å²) in [6.45, 7) is 4.21. The molecule has 0 aliphatic carbocycles. The zero-order chi connectivity index (χ0) is 18.4. The maximum absolute atomic E-state index is 12.0. The summed E-state index contributed by atoms with van der Waals surface area (Å²) in [6, 6.07) is 8.55. The summed E-state index contributed by atoms with van der Waals surface area (Å²) in [7, 11) is 0. The fourth-order valence-electron chi connectivity index (χ4n) is 2.45. The Bertz CT molecular complexity index is 619. The molecule has 1 saturated heterocycles. The molecule has 1 heterocycles.